The Hall–Kier alpha value is -2.73. The van der Waals surface area contributed by atoms with Gasteiger partial charge in [0.2, 0.25) is 0 Å². The van der Waals surface area contributed by atoms with Crippen molar-refractivity contribution in [1.82, 2.24) is 15.0 Å². The van der Waals surface area contributed by atoms with Crippen molar-refractivity contribution in [3.8, 4) is 11.5 Å². The number of ether oxygens (including phenoxy) is 1. The Bertz CT molecular complexity index is 875. The highest BCUT2D eigenvalue weighted by atomic mass is 16.5. The number of carbonyl (C=O) groups excluding carboxylic acids is 1. The SMILES string of the molecule is C[C@@H]1CCO[C@H]1C(=O)Nc1ccc2nc(-c3ccccn3)[nH]c2c1. The van der Waals surface area contributed by atoms with E-state index in [1.54, 1.807) is 6.20 Å². The number of anilines is 1. The Labute approximate surface area is 139 Å². The van der Waals surface area contributed by atoms with Gasteiger partial charge in [-0.05, 0) is 42.7 Å². The van der Waals surface area contributed by atoms with E-state index in [9.17, 15) is 4.79 Å². The molecule has 0 bridgehead atoms. The first kappa shape index (κ1) is 14.8. The van der Waals surface area contributed by atoms with Crippen molar-refractivity contribution in [1.29, 1.82) is 0 Å². The number of pyridine rings is 1. The smallest absolute Gasteiger partial charge is 0.253 e. The Morgan fingerprint density at radius 1 is 1.33 bits per heavy atom. The molecule has 2 N–H and O–H groups in total. The highest BCUT2D eigenvalue weighted by Crippen LogP contribution is 2.24. The first-order chi connectivity index (χ1) is 11.7. The van der Waals surface area contributed by atoms with Crippen molar-refractivity contribution < 1.29 is 9.53 Å². The molecule has 24 heavy (non-hydrogen) atoms. The number of aromatic amines is 1. The van der Waals surface area contributed by atoms with E-state index < -0.39 is 0 Å². The topological polar surface area (TPSA) is 79.9 Å². The Morgan fingerprint density at radius 3 is 3.00 bits per heavy atom. The van der Waals surface area contributed by atoms with Gasteiger partial charge >= 0.3 is 0 Å². The zero-order chi connectivity index (χ0) is 16.5. The van der Waals surface area contributed by atoms with E-state index >= 15 is 0 Å². The molecule has 4 rings (SSSR count). The van der Waals surface area contributed by atoms with Crippen LogP contribution in [0.1, 0.15) is 13.3 Å². The number of hydrogen-bond donors (Lipinski definition) is 2. The molecule has 1 saturated heterocycles. The van der Waals surface area contributed by atoms with Gasteiger partial charge in [0.05, 0.1) is 11.0 Å². The summed E-state index contributed by atoms with van der Waals surface area (Å²) >= 11 is 0. The molecule has 6 nitrogen and oxygen atoms in total. The highest BCUT2D eigenvalue weighted by molar-refractivity contribution is 5.96. The molecule has 0 saturated carbocycles. The molecule has 1 aliphatic rings. The third kappa shape index (κ3) is 2.76. The molecule has 3 aromatic rings. The van der Waals surface area contributed by atoms with Gasteiger partial charge in [-0.25, -0.2) is 4.98 Å². The lowest BCUT2D eigenvalue weighted by atomic mass is 10.0. The number of nitrogens with zero attached hydrogens (tertiary/aromatic N) is 2. The van der Waals surface area contributed by atoms with E-state index in [1.807, 2.05) is 43.3 Å². The summed E-state index contributed by atoms with van der Waals surface area (Å²) in [5.74, 6) is 0.863. The molecule has 1 fully saturated rings. The molecule has 6 heteroatoms. The van der Waals surface area contributed by atoms with Crippen LogP contribution in [0.15, 0.2) is 42.6 Å². The maximum absolute atomic E-state index is 12.3. The zero-order valence-electron chi connectivity index (χ0n) is 13.3. The van der Waals surface area contributed by atoms with Crippen LogP contribution in [-0.2, 0) is 9.53 Å². The summed E-state index contributed by atoms with van der Waals surface area (Å²) in [6.07, 6.45) is 2.29. The van der Waals surface area contributed by atoms with Crippen LogP contribution in [0.5, 0.6) is 0 Å². The molecule has 1 amide bonds. The monoisotopic (exact) mass is 322 g/mol. The standard InChI is InChI=1S/C18H18N4O2/c1-11-7-9-24-16(11)18(23)20-12-5-6-13-15(10-12)22-17(21-13)14-4-2-3-8-19-14/h2-6,8,10-11,16H,7,9H2,1H3,(H,20,23)(H,21,22)/t11-,16-/m1/s1. The first-order valence-corrected chi connectivity index (χ1v) is 8.04. The van der Waals surface area contributed by atoms with Crippen molar-refractivity contribution >= 4 is 22.6 Å². The Balaban J connectivity index is 1.58. The predicted octanol–water partition coefficient (Wildman–Crippen LogP) is 2.99. The number of nitrogens with one attached hydrogen (secondary N) is 2. The number of aromatic nitrogens is 3. The molecule has 1 aliphatic heterocycles. The number of hydrogen-bond acceptors (Lipinski definition) is 4. The quantitative estimate of drug-likeness (QED) is 0.777. The van der Waals surface area contributed by atoms with Gasteiger partial charge in [0.25, 0.3) is 5.91 Å². The van der Waals surface area contributed by atoms with E-state index in [2.05, 4.69) is 20.3 Å². The second kappa shape index (κ2) is 6.05. The lowest BCUT2D eigenvalue weighted by Gasteiger charge is -2.14. The van der Waals surface area contributed by atoms with Crippen molar-refractivity contribution in [2.24, 2.45) is 5.92 Å². The van der Waals surface area contributed by atoms with Crippen LogP contribution in [0.4, 0.5) is 5.69 Å². The molecule has 3 heterocycles. The summed E-state index contributed by atoms with van der Waals surface area (Å²) in [4.78, 5) is 24.4. The molecule has 0 aliphatic carbocycles. The van der Waals surface area contributed by atoms with Crippen LogP contribution in [0.25, 0.3) is 22.6 Å². The molecule has 1 aromatic carbocycles. The Kier molecular flexibility index (Phi) is 3.74. The third-order valence-corrected chi connectivity index (χ3v) is 4.30. The molecular weight excluding hydrogens is 304 g/mol. The summed E-state index contributed by atoms with van der Waals surface area (Å²) in [6, 6.07) is 11.3. The van der Waals surface area contributed by atoms with E-state index in [-0.39, 0.29) is 17.9 Å². The molecule has 122 valence electrons. The van der Waals surface area contributed by atoms with E-state index in [4.69, 9.17) is 4.74 Å². The molecule has 2 atom stereocenters. The van der Waals surface area contributed by atoms with Crippen LogP contribution in [0.3, 0.4) is 0 Å². The fraction of sp³-hybridized carbons (Fsp3) is 0.278. The molecule has 0 spiro atoms. The number of rotatable bonds is 3. The third-order valence-electron chi connectivity index (χ3n) is 4.30. The van der Waals surface area contributed by atoms with Crippen LogP contribution < -0.4 is 5.32 Å². The van der Waals surface area contributed by atoms with Gasteiger partial charge in [0, 0.05) is 18.5 Å². The molecule has 2 aromatic heterocycles. The van der Waals surface area contributed by atoms with Crippen molar-refractivity contribution in [3.63, 3.8) is 0 Å². The predicted molar refractivity (Wildman–Crippen MR) is 91.5 cm³/mol. The highest BCUT2D eigenvalue weighted by Gasteiger charge is 2.30. The second-order valence-electron chi connectivity index (χ2n) is 6.08. The van der Waals surface area contributed by atoms with Crippen LogP contribution in [0, 0.1) is 5.92 Å². The maximum atomic E-state index is 12.3. The molecule has 0 radical (unpaired) electrons. The average Bonchev–Trinajstić information content (AvgIpc) is 3.21. The number of H-pyrrole nitrogens is 1. The van der Waals surface area contributed by atoms with Gasteiger partial charge in [0.15, 0.2) is 5.82 Å². The first-order valence-electron chi connectivity index (χ1n) is 8.04. The maximum Gasteiger partial charge on any atom is 0.253 e. The van der Waals surface area contributed by atoms with Gasteiger partial charge < -0.3 is 15.0 Å². The lowest BCUT2D eigenvalue weighted by Crippen LogP contribution is -2.31. The molecular formula is C18H18N4O2. The largest absolute Gasteiger partial charge is 0.368 e. The summed E-state index contributed by atoms with van der Waals surface area (Å²) in [5, 5.41) is 2.93. The average molecular weight is 322 g/mol. The number of fused-ring (bicyclic) bond motifs is 1. The van der Waals surface area contributed by atoms with E-state index in [1.165, 1.54) is 0 Å². The lowest BCUT2D eigenvalue weighted by molar-refractivity contribution is -0.126. The van der Waals surface area contributed by atoms with Crippen molar-refractivity contribution in [2.75, 3.05) is 11.9 Å². The van der Waals surface area contributed by atoms with Gasteiger partial charge in [-0.2, -0.15) is 0 Å². The van der Waals surface area contributed by atoms with Gasteiger partial charge in [-0.3, -0.25) is 9.78 Å². The van der Waals surface area contributed by atoms with Gasteiger partial charge in [-0.15, -0.1) is 0 Å². The number of carbonyl (C=O) groups is 1. The van der Waals surface area contributed by atoms with Crippen molar-refractivity contribution in [3.05, 3.63) is 42.6 Å². The van der Waals surface area contributed by atoms with E-state index in [0.29, 0.717) is 12.4 Å². The minimum atomic E-state index is -0.369. The van der Waals surface area contributed by atoms with Crippen LogP contribution in [0.2, 0.25) is 0 Å². The number of amides is 1. The summed E-state index contributed by atoms with van der Waals surface area (Å²) in [7, 11) is 0. The fourth-order valence-corrected chi connectivity index (χ4v) is 2.96. The number of benzene rings is 1. The van der Waals surface area contributed by atoms with Crippen molar-refractivity contribution in [2.45, 2.75) is 19.4 Å². The van der Waals surface area contributed by atoms with Crippen LogP contribution >= 0.6 is 0 Å². The van der Waals surface area contributed by atoms with E-state index in [0.717, 1.165) is 28.8 Å². The Morgan fingerprint density at radius 2 is 2.25 bits per heavy atom. The molecule has 0 unspecified atom stereocenters. The summed E-state index contributed by atoms with van der Waals surface area (Å²) < 4.78 is 5.51. The summed E-state index contributed by atoms with van der Waals surface area (Å²) in [5.41, 5.74) is 3.20. The van der Waals surface area contributed by atoms with Crippen LogP contribution in [-0.4, -0.2) is 33.6 Å². The second-order valence-corrected chi connectivity index (χ2v) is 6.08. The number of imidazole rings is 1. The minimum absolute atomic E-state index is 0.0937. The zero-order valence-corrected chi connectivity index (χ0v) is 13.3. The van der Waals surface area contributed by atoms with Gasteiger partial charge in [-0.1, -0.05) is 13.0 Å². The fourth-order valence-electron chi connectivity index (χ4n) is 2.96. The van der Waals surface area contributed by atoms with Gasteiger partial charge in [0.1, 0.15) is 11.8 Å². The summed E-state index contributed by atoms with van der Waals surface area (Å²) in [6.45, 7) is 2.68. The normalized spacial score (nSPS) is 20.4. The minimum Gasteiger partial charge on any atom is -0.368 e.